The Morgan fingerprint density at radius 3 is 2.62 bits per heavy atom. The fourth-order valence-electron chi connectivity index (χ4n) is 4.42. The molecule has 2 amide bonds. The third kappa shape index (κ3) is 5.46. The molecule has 0 unspecified atom stereocenters. The van der Waals surface area contributed by atoms with Gasteiger partial charge in [-0.1, -0.05) is 12.8 Å². The van der Waals surface area contributed by atoms with Gasteiger partial charge in [0.15, 0.2) is 0 Å². The van der Waals surface area contributed by atoms with Gasteiger partial charge in [-0.2, -0.15) is 0 Å². The maximum absolute atomic E-state index is 12.8. The van der Waals surface area contributed by atoms with E-state index in [1.807, 2.05) is 14.1 Å². The lowest BCUT2D eigenvalue weighted by molar-refractivity contribution is -0.134. The minimum Gasteiger partial charge on any atom is -0.492 e. The van der Waals surface area contributed by atoms with Gasteiger partial charge in [-0.05, 0) is 57.1 Å². The molecule has 1 aromatic rings. The molecule has 1 aromatic carbocycles. The zero-order chi connectivity index (χ0) is 20.8. The van der Waals surface area contributed by atoms with E-state index in [0.29, 0.717) is 30.4 Å². The molecule has 8 heteroatoms. The predicted octanol–water partition coefficient (Wildman–Crippen LogP) is 1.44. The summed E-state index contributed by atoms with van der Waals surface area (Å²) < 4.78 is 11.8. The van der Waals surface area contributed by atoms with Crippen LogP contribution in [0.1, 0.15) is 36.0 Å². The number of ether oxygens (including phenoxy) is 2. The van der Waals surface area contributed by atoms with Crippen LogP contribution in [0.25, 0.3) is 0 Å². The quantitative estimate of drug-likeness (QED) is 0.344. The second kappa shape index (κ2) is 10.0. The fraction of sp³-hybridized carbons (Fsp3) is 0.619. The largest absolute Gasteiger partial charge is 0.492 e. The Hall–Kier alpha value is -2.16. The van der Waals surface area contributed by atoms with Gasteiger partial charge in [0.2, 0.25) is 5.91 Å². The average molecular weight is 405 g/mol. The standard InChI is InChI=1S/C21H31N3O5/c1-24(2)13-17-16-5-3-4-6-18(16)29-19(17)21(26)22-11-12-28-15-9-7-14(8-10-15)20(25)23-27/h7-10,16-19,27H,3-6,11-13H2,1-2H3,(H,22,26)(H,23,25)/t16-,17-,18-,19+/m0/s1. The van der Waals surface area contributed by atoms with Crippen LogP contribution in [0.5, 0.6) is 5.75 Å². The normalized spacial score (nSPS) is 26.1. The van der Waals surface area contributed by atoms with Crippen molar-refractivity contribution in [2.24, 2.45) is 11.8 Å². The van der Waals surface area contributed by atoms with Crippen molar-refractivity contribution in [2.75, 3.05) is 33.8 Å². The molecule has 0 aromatic heterocycles. The van der Waals surface area contributed by atoms with E-state index in [-0.39, 0.29) is 17.9 Å². The molecule has 0 spiro atoms. The Labute approximate surface area is 171 Å². The molecular weight excluding hydrogens is 374 g/mol. The van der Waals surface area contributed by atoms with Gasteiger partial charge in [0.25, 0.3) is 5.91 Å². The van der Waals surface area contributed by atoms with E-state index in [2.05, 4.69) is 10.2 Å². The van der Waals surface area contributed by atoms with Crippen molar-refractivity contribution in [2.45, 2.75) is 37.9 Å². The molecule has 3 rings (SSSR count). The molecule has 4 atom stereocenters. The zero-order valence-electron chi connectivity index (χ0n) is 17.1. The highest BCUT2D eigenvalue weighted by Gasteiger charge is 2.47. The molecule has 8 nitrogen and oxygen atoms in total. The van der Waals surface area contributed by atoms with E-state index >= 15 is 0 Å². The summed E-state index contributed by atoms with van der Waals surface area (Å²) in [5.74, 6) is 0.634. The van der Waals surface area contributed by atoms with Crippen LogP contribution < -0.4 is 15.5 Å². The van der Waals surface area contributed by atoms with E-state index in [4.69, 9.17) is 14.7 Å². The van der Waals surface area contributed by atoms with Crippen molar-refractivity contribution in [3.8, 4) is 5.75 Å². The van der Waals surface area contributed by atoms with E-state index < -0.39 is 12.0 Å². The van der Waals surface area contributed by atoms with Crippen LogP contribution >= 0.6 is 0 Å². The van der Waals surface area contributed by atoms with Crippen LogP contribution in [-0.4, -0.2) is 67.9 Å². The first-order chi connectivity index (χ1) is 14.0. The molecule has 1 saturated carbocycles. The summed E-state index contributed by atoms with van der Waals surface area (Å²) in [6.45, 7) is 1.54. The molecule has 1 aliphatic heterocycles. The SMILES string of the molecule is CN(C)C[C@H]1[C@@H]2CCCC[C@@H]2O[C@H]1C(=O)NCCOc1ccc(C(=O)NO)cc1. The molecule has 0 radical (unpaired) electrons. The number of carbonyl (C=O) groups excluding carboxylic acids is 2. The van der Waals surface area contributed by atoms with Gasteiger partial charge in [-0.25, -0.2) is 5.48 Å². The van der Waals surface area contributed by atoms with Gasteiger partial charge in [0.05, 0.1) is 12.6 Å². The lowest BCUT2D eigenvalue weighted by atomic mass is 9.78. The summed E-state index contributed by atoms with van der Waals surface area (Å²) in [7, 11) is 4.07. The summed E-state index contributed by atoms with van der Waals surface area (Å²) >= 11 is 0. The Balaban J connectivity index is 1.47. The number of benzene rings is 1. The highest BCUT2D eigenvalue weighted by molar-refractivity contribution is 5.93. The van der Waals surface area contributed by atoms with Crippen molar-refractivity contribution >= 4 is 11.8 Å². The molecule has 1 saturated heterocycles. The minimum atomic E-state index is -0.576. The van der Waals surface area contributed by atoms with Gasteiger partial charge in [0.1, 0.15) is 18.5 Å². The van der Waals surface area contributed by atoms with E-state index in [0.717, 1.165) is 19.4 Å². The molecule has 3 N–H and O–H groups in total. The summed E-state index contributed by atoms with van der Waals surface area (Å²) in [5.41, 5.74) is 1.92. The molecule has 1 aliphatic carbocycles. The predicted molar refractivity (Wildman–Crippen MR) is 107 cm³/mol. The molecule has 160 valence electrons. The number of nitrogens with one attached hydrogen (secondary N) is 2. The molecule has 29 heavy (non-hydrogen) atoms. The highest BCUT2D eigenvalue weighted by atomic mass is 16.5. The molecule has 2 aliphatic rings. The Morgan fingerprint density at radius 1 is 1.21 bits per heavy atom. The van der Waals surface area contributed by atoms with Crippen molar-refractivity contribution in [3.05, 3.63) is 29.8 Å². The third-order valence-electron chi connectivity index (χ3n) is 5.74. The first-order valence-corrected chi connectivity index (χ1v) is 10.2. The number of rotatable bonds is 8. The van der Waals surface area contributed by atoms with Crippen molar-refractivity contribution in [1.29, 1.82) is 0 Å². The Morgan fingerprint density at radius 2 is 1.93 bits per heavy atom. The van der Waals surface area contributed by atoms with Gasteiger partial charge in [-0.3, -0.25) is 14.8 Å². The number of hydrogen-bond donors (Lipinski definition) is 3. The fourth-order valence-corrected chi connectivity index (χ4v) is 4.42. The van der Waals surface area contributed by atoms with Crippen molar-refractivity contribution < 1.29 is 24.3 Å². The number of fused-ring (bicyclic) bond motifs is 1. The minimum absolute atomic E-state index is 0.0650. The number of hydrogen-bond acceptors (Lipinski definition) is 6. The smallest absolute Gasteiger partial charge is 0.274 e. The first-order valence-electron chi connectivity index (χ1n) is 10.2. The molecule has 2 fully saturated rings. The van der Waals surface area contributed by atoms with Crippen LogP contribution in [0, 0.1) is 11.8 Å². The maximum Gasteiger partial charge on any atom is 0.274 e. The van der Waals surface area contributed by atoms with Crippen LogP contribution in [0.2, 0.25) is 0 Å². The van der Waals surface area contributed by atoms with Crippen LogP contribution in [0.4, 0.5) is 0 Å². The lowest BCUT2D eigenvalue weighted by Crippen LogP contribution is -2.43. The second-order valence-corrected chi connectivity index (χ2v) is 8.07. The van der Waals surface area contributed by atoms with Gasteiger partial charge in [0, 0.05) is 18.0 Å². The maximum atomic E-state index is 12.8. The van der Waals surface area contributed by atoms with E-state index in [1.54, 1.807) is 29.7 Å². The van der Waals surface area contributed by atoms with Crippen molar-refractivity contribution in [1.82, 2.24) is 15.7 Å². The van der Waals surface area contributed by atoms with E-state index in [9.17, 15) is 9.59 Å². The topological polar surface area (TPSA) is 100 Å². The summed E-state index contributed by atoms with van der Waals surface area (Å²) in [5, 5.41) is 11.6. The van der Waals surface area contributed by atoms with Crippen LogP contribution in [-0.2, 0) is 9.53 Å². The highest BCUT2D eigenvalue weighted by Crippen LogP contribution is 2.41. The zero-order valence-corrected chi connectivity index (χ0v) is 17.1. The average Bonchev–Trinajstić information content (AvgIpc) is 3.09. The molecule has 0 bridgehead atoms. The molecule has 1 heterocycles. The van der Waals surface area contributed by atoms with Gasteiger partial charge in [-0.15, -0.1) is 0 Å². The lowest BCUT2D eigenvalue weighted by Gasteiger charge is -2.29. The number of amides is 2. The Bertz CT molecular complexity index is 694. The van der Waals surface area contributed by atoms with Crippen LogP contribution in [0.3, 0.4) is 0 Å². The van der Waals surface area contributed by atoms with E-state index in [1.165, 1.54) is 12.8 Å². The Kier molecular flexibility index (Phi) is 7.46. The number of carbonyl (C=O) groups is 2. The summed E-state index contributed by atoms with van der Waals surface area (Å²) in [4.78, 5) is 26.2. The molecular formula is C21H31N3O5. The van der Waals surface area contributed by atoms with Gasteiger partial charge >= 0.3 is 0 Å². The van der Waals surface area contributed by atoms with Crippen molar-refractivity contribution in [3.63, 3.8) is 0 Å². The first kappa shape index (κ1) is 21.5. The van der Waals surface area contributed by atoms with Gasteiger partial charge < -0.3 is 19.7 Å². The monoisotopic (exact) mass is 405 g/mol. The summed E-state index contributed by atoms with van der Waals surface area (Å²) in [6, 6.07) is 6.40. The third-order valence-corrected chi connectivity index (χ3v) is 5.74. The second-order valence-electron chi connectivity index (χ2n) is 8.07. The number of hydroxylamine groups is 1. The number of nitrogens with zero attached hydrogens (tertiary/aromatic N) is 1. The van der Waals surface area contributed by atoms with Crippen LogP contribution in [0.15, 0.2) is 24.3 Å². The summed E-state index contributed by atoms with van der Waals surface area (Å²) in [6.07, 6.45) is 4.38.